The molecule has 2 rings (SSSR count). The van der Waals surface area contributed by atoms with Gasteiger partial charge in [-0.1, -0.05) is 19.1 Å². The molecule has 88 valence electrons. The van der Waals surface area contributed by atoms with E-state index in [1.54, 1.807) is 6.20 Å². The van der Waals surface area contributed by atoms with Crippen LogP contribution in [0.15, 0.2) is 30.5 Å². The van der Waals surface area contributed by atoms with Crippen LogP contribution in [-0.4, -0.2) is 17.9 Å². The third-order valence-corrected chi connectivity index (χ3v) is 3.17. The number of hydrogen-bond acceptors (Lipinski definition) is 4. The van der Waals surface area contributed by atoms with Crippen LogP contribution < -0.4 is 4.74 Å². The molecule has 1 aromatic carbocycles. The molecule has 3 nitrogen and oxygen atoms in total. The summed E-state index contributed by atoms with van der Waals surface area (Å²) >= 11 is 1.38. The number of aromatic nitrogens is 1. The van der Waals surface area contributed by atoms with Gasteiger partial charge in [0.1, 0.15) is 10.8 Å². The normalized spacial score (nSPS) is 10.2. The smallest absolute Gasteiger partial charge is 0.161 e. The van der Waals surface area contributed by atoms with E-state index in [1.165, 1.54) is 11.3 Å². The molecule has 0 saturated heterocycles. The molecule has 0 bridgehead atoms. The van der Waals surface area contributed by atoms with Crippen molar-refractivity contribution in [2.24, 2.45) is 0 Å². The number of hydrogen-bond donors (Lipinski definition) is 0. The van der Waals surface area contributed by atoms with Gasteiger partial charge < -0.3 is 4.74 Å². The van der Waals surface area contributed by atoms with E-state index >= 15 is 0 Å². The summed E-state index contributed by atoms with van der Waals surface area (Å²) in [6.07, 6.45) is 3.39. The summed E-state index contributed by atoms with van der Waals surface area (Å²) < 4.78 is 5.56. The van der Waals surface area contributed by atoms with Crippen molar-refractivity contribution in [3.8, 4) is 16.3 Å². The third-order valence-electron chi connectivity index (χ3n) is 2.19. The average molecular weight is 247 g/mol. The molecular weight excluding hydrogens is 234 g/mol. The lowest BCUT2D eigenvalue weighted by atomic mass is 10.2. The second kappa shape index (κ2) is 5.59. The summed E-state index contributed by atoms with van der Waals surface area (Å²) in [4.78, 5) is 15.5. The van der Waals surface area contributed by atoms with Gasteiger partial charge in [-0.15, -0.1) is 11.3 Å². The van der Waals surface area contributed by atoms with Crippen LogP contribution in [0.25, 0.3) is 10.6 Å². The van der Waals surface area contributed by atoms with Gasteiger partial charge in [0.15, 0.2) is 6.29 Å². The van der Waals surface area contributed by atoms with Crippen molar-refractivity contribution < 1.29 is 9.53 Å². The first kappa shape index (κ1) is 11.8. The third kappa shape index (κ3) is 2.91. The maximum absolute atomic E-state index is 10.6. The van der Waals surface area contributed by atoms with Crippen LogP contribution in [0.2, 0.25) is 0 Å². The lowest BCUT2D eigenvalue weighted by Crippen LogP contribution is -1.94. The van der Waals surface area contributed by atoms with Crippen molar-refractivity contribution in [1.29, 1.82) is 0 Å². The Bertz CT molecular complexity index is 508. The molecular formula is C13H13NO2S. The van der Waals surface area contributed by atoms with E-state index < -0.39 is 0 Å². The van der Waals surface area contributed by atoms with E-state index in [9.17, 15) is 4.79 Å². The summed E-state index contributed by atoms with van der Waals surface area (Å²) in [7, 11) is 0. The van der Waals surface area contributed by atoms with Gasteiger partial charge in [0.05, 0.1) is 11.5 Å². The van der Waals surface area contributed by atoms with Gasteiger partial charge >= 0.3 is 0 Å². The molecule has 0 amide bonds. The zero-order chi connectivity index (χ0) is 12.1. The van der Waals surface area contributed by atoms with Crippen LogP contribution in [0.5, 0.6) is 5.75 Å². The fraction of sp³-hybridized carbons (Fsp3) is 0.231. The number of aldehydes is 1. The number of rotatable bonds is 5. The molecule has 0 spiro atoms. The maximum Gasteiger partial charge on any atom is 0.161 e. The minimum atomic E-state index is 0.639. The van der Waals surface area contributed by atoms with Crippen LogP contribution in [0.3, 0.4) is 0 Å². The number of carbonyl (C=O) groups is 1. The van der Waals surface area contributed by atoms with Gasteiger partial charge in [-0.2, -0.15) is 0 Å². The minimum absolute atomic E-state index is 0.639. The molecule has 0 aliphatic heterocycles. The molecule has 1 heterocycles. The lowest BCUT2D eigenvalue weighted by Gasteiger charge is -2.05. The standard InChI is InChI=1S/C13H13NO2S/c1-2-6-16-11-5-3-4-10(7-11)13-14-8-12(9-15)17-13/h3-5,7-9H,2,6H2,1H3. The number of thiazole rings is 1. The van der Waals surface area contributed by atoms with Gasteiger partial charge in [0, 0.05) is 11.8 Å². The molecule has 2 aromatic rings. The van der Waals surface area contributed by atoms with Crippen molar-refractivity contribution in [3.63, 3.8) is 0 Å². The maximum atomic E-state index is 10.6. The summed E-state index contributed by atoms with van der Waals surface area (Å²) in [6, 6.07) is 7.77. The molecule has 0 N–H and O–H groups in total. The minimum Gasteiger partial charge on any atom is -0.494 e. The Balaban J connectivity index is 2.22. The predicted octanol–water partition coefficient (Wildman–Crippen LogP) is 3.41. The van der Waals surface area contributed by atoms with Gasteiger partial charge in [-0.05, 0) is 18.6 Å². The van der Waals surface area contributed by atoms with Crippen molar-refractivity contribution >= 4 is 17.6 Å². The zero-order valence-corrected chi connectivity index (χ0v) is 10.4. The number of ether oxygens (including phenoxy) is 1. The summed E-state index contributed by atoms with van der Waals surface area (Å²) in [5, 5.41) is 0.842. The second-order valence-electron chi connectivity index (χ2n) is 3.56. The number of carbonyl (C=O) groups excluding carboxylic acids is 1. The van der Waals surface area contributed by atoms with Gasteiger partial charge in [-0.3, -0.25) is 4.79 Å². The molecule has 0 aliphatic carbocycles. The Labute approximate surface area is 104 Å². The van der Waals surface area contributed by atoms with Crippen LogP contribution in [0.4, 0.5) is 0 Å². The molecule has 4 heteroatoms. The number of benzene rings is 1. The molecule has 0 aliphatic rings. The monoisotopic (exact) mass is 247 g/mol. The Morgan fingerprint density at radius 2 is 2.35 bits per heavy atom. The van der Waals surface area contributed by atoms with E-state index in [2.05, 4.69) is 11.9 Å². The van der Waals surface area contributed by atoms with Crippen molar-refractivity contribution in [2.75, 3.05) is 6.61 Å². The quantitative estimate of drug-likeness (QED) is 0.760. The highest BCUT2D eigenvalue weighted by atomic mass is 32.1. The topological polar surface area (TPSA) is 39.2 Å². The number of nitrogens with zero attached hydrogens (tertiary/aromatic N) is 1. The molecule has 0 unspecified atom stereocenters. The van der Waals surface area contributed by atoms with Crippen molar-refractivity contribution in [1.82, 2.24) is 4.98 Å². The highest BCUT2D eigenvalue weighted by molar-refractivity contribution is 7.16. The fourth-order valence-corrected chi connectivity index (χ4v) is 2.14. The highest BCUT2D eigenvalue weighted by Crippen LogP contribution is 2.27. The van der Waals surface area contributed by atoms with Gasteiger partial charge in [0.2, 0.25) is 0 Å². The van der Waals surface area contributed by atoms with E-state index in [0.717, 1.165) is 29.0 Å². The van der Waals surface area contributed by atoms with E-state index in [4.69, 9.17) is 4.74 Å². The first-order chi connectivity index (χ1) is 8.33. The molecule has 0 saturated carbocycles. The summed E-state index contributed by atoms with van der Waals surface area (Å²) in [5.74, 6) is 0.840. The lowest BCUT2D eigenvalue weighted by molar-refractivity contribution is 0.112. The zero-order valence-electron chi connectivity index (χ0n) is 9.55. The molecule has 1 aromatic heterocycles. The van der Waals surface area contributed by atoms with E-state index in [1.807, 2.05) is 24.3 Å². The largest absolute Gasteiger partial charge is 0.494 e. The second-order valence-corrected chi connectivity index (χ2v) is 4.62. The Hall–Kier alpha value is -1.68. The molecule has 0 fully saturated rings. The van der Waals surface area contributed by atoms with Crippen LogP contribution in [0, 0.1) is 0 Å². The van der Waals surface area contributed by atoms with Crippen LogP contribution in [-0.2, 0) is 0 Å². The van der Waals surface area contributed by atoms with Gasteiger partial charge in [-0.25, -0.2) is 4.98 Å². The Morgan fingerprint density at radius 3 is 3.06 bits per heavy atom. The Kier molecular flexibility index (Phi) is 3.88. The van der Waals surface area contributed by atoms with Crippen LogP contribution >= 0.6 is 11.3 Å². The van der Waals surface area contributed by atoms with Gasteiger partial charge in [0.25, 0.3) is 0 Å². The predicted molar refractivity (Wildman–Crippen MR) is 68.7 cm³/mol. The average Bonchev–Trinajstić information content (AvgIpc) is 2.85. The van der Waals surface area contributed by atoms with E-state index in [0.29, 0.717) is 11.5 Å². The summed E-state index contributed by atoms with van der Waals surface area (Å²) in [5.41, 5.74) is 0.983. The van der Waals surface area contributed by atoms with E-state index in [-0.39, 0.29) is 0 Å². The molecule has 0 atom stereocenters. The van der Waals surface area contributed by atoms with Crippen LogP contribution in [0.1, 0.15) is 23.0 Å². The molecule has 17 heavy (non-hydrogen) atoms. The van der Waals surface area contributed by atoms with Crippen molar-refractivity contribution in [3.05, 3.63) is 35.3 Å². The fourth-order valence-electron chi connectivity index (χ4n) is 1.41. The van der Waals surface area contributed by atoms with Crippen molar-refractivity contribution in [2.45, 2.75) is 13.3 Å². The summed E-state index contributed by atoms with van der Waals surface area (Å²) in [6.45, 7) is 2.78. The SMILES string of the molecule is CCCOc1cccc(-c2ncc(C=O)s2)c1. The highest BCUT2D eigenvalue weighted by Gasteiger charge is 2.05. The first-order valence-corrected chi connectivity index (χ1v) is 6.29. The Morgan fingerprint density at radius 1 is 1.47 bits per heavy atom. The first-order valence-electron chi connectivity index (χ1n) is 5.47. The molecule has 0 radical (unpaired) electrons.